The molecule has 1 saturated carbocycles. The van der Waals surface area contributed by atoms with Crippen LogP contribution in [0.3, 0.4) is 0 Å². The number of benzene rings is 1. The van der Waals surface area contributed by atoms with Gasteiger partial charge in [-0.05, 0) is 30.5 Å². The Kier molecular flexibility index (Phi) is 8.70. The maximum atomic E-state index is 12.7. The van der Waals surface area contributed by atoms with Crippen LogP contribution in [0.2, 0.25) is 0 Å². The Bertz CT molecular complexity index is 827. The highest BCUT2D eigenvalue weighted by atomic mass is 16.5. The minimum absolute atomic E-state index is 0.105. The first kappa shape index (κ1) is 22.6. The molecule has 7 nitrogen and oxygen atoms in total. The molecule has 1 unspecified atom stereocenters. The van der Waals surface area contributed by atoms with E-state index in [1.807, 2.05) is 30.3 Å². The first-order valence-electron chi connectivity index (χ1n) is 11.0. The number of esters is 1. The van der Waals surface area contributed by atoms with E-state index in [-0.39, 0.29) is 30.7 Å². The third-order valence-corrected chi connectivity index (χ3v) is 5.43. The first-order chi connectivity index (χ1) is 15.1. The van der Waals surface area contributed by atoms with Crippen LogP contribution >= 0.6 is 0 Å². The summed E-state index contributed by atoms with van der Waals surface area (Å²) in [4.78, 5) is 37.4. The van der Waals surface area contributed by atoms with Crippen LogP contribution in [-0.4, -0.2) is 36.5 Å². The SMILES string of the molecule is O=C(COC(=O)C(Cc1ccccc1)NC(=O)c1ccco1)NC1CCCCCCC1. The molecule has 2 amide bonds. The molecule has 1 atom stereocenters. The largest absolute Gasteiger partial charge is 0.459 e. The molecule has 0 bridgehead atoms. The fourth-order valence-electron chi connectivity index (χ4n) is 3.79. The number of carbonyl (C=O) groups is 3. The van der Waals surface area contributed by atoms with Crippen LogP contribution in [0.5, 0.6) is 0 Å². The molecule has 1 heterocycles. The topological polar surface area (TPSA) is 97.6 Å². The number of rotatable bonds is 8. The van der Waals surface area contributed by atoms with Crippen LogP contribution in [0.4, 0.5) is 0 Å². The number of carbonyl (C=O) groups excluding carboxylic acids is 3. The van der Waals surface area contributed by atoms with Gasteiger partial charge in [0.1, 0.15) is 6.04 Å². The highest BCUT2D eigenvalue weighted by Gasteiger charge is 2.25. The van der Waals surface area contributed by atoms with Crippen molar-refractivity contribution in [3.8, 4) is 0 Å². The monoisotopic (exact) mass is 426 g/mol. The lowest BCUT2D eigenvalue weighted by atomic mass is 9.97. The minimum Gasteiger partial charge on any atom is -0.459 e. The van der Waals surface area contributed by atoms with Crippen molar-refractivity contribution >= 4 is 17.8 Å². The summed E-state index contributed by atoms with van der Waals surface area (Å²) in [6, 6.07) is 11.6. The molecule has 0 aliphatic heterocycles. The van der Waals surface area contributed by atoms with Crippen molar-refractivity contribution in [1.29, 1.82) is 0 Å². The quantitative estimate of drug-likeness (QED) is 0.631. The maximum absolute atomic E-state index is 12.7. The molecule has 0 radical (unpaired) electrons. The summed E-state index contributed by atoms with van der Waals surface area (Å²) < 4.78 is 10.4. The van der Waals surface area contributed by atoms with Crippen molar-refractivity contribution < 1.29 is 23.5 Å². The molecular formula is C24H30N2O5. The summed E-state index contributed by atoms with van der Waals surface area (Å²) in [7, 11) is 0. The summed E-state index contributed by atoms with van der Waals surface area (Å²) in [6.07, 6.45) is 9.38. The lowest BCUT2D eigenvalue weighted by Gasteiger charge is -2.21. The summed E-state index contributed by atoms with van der Waals surface area (Å²) in [6.45, 7) is -0.364. The Hall–Kier alpha value is -3.09. The summed E-state index contributed by atoms with van der Waals surface area (Å²) in [5.74, 6) is -1.37. The Labute approximate surface area is 182 Å². The van der Waals surface area contributed by atoms with Gasteiger partial charge in [0.05, 0.1) is 6.26 Å². The zero-order chi connectivity index (χ0) is 21.9. The van der Waals surface area contributed by atoms with Crippen molar-refractivity contribution in [2.45, 2.75) is 63.5 Å². The minimum atomic E-state index is -0.936. The fourth-order valence-corrected chi connectivity index (χ4v) is 3.79. The molecule has 31 heavy (non-hydrogen) atoms. The van der Waals surface area contributed by atoms with Crippen LogP contribution in [0.25, 0.3) is 0 Å². The van der Waals surface area contributed by atoms with Gasteiger partial charge in [-0.3, -0.25) is 9.59 Å². The number of amides is 2. The number of furan rings is 1. The maximum Gasteiger partial charge on any atom is 0.329 e. The molecule has 1 aromatic heterocycles. The zero-order valence-corrected chi connectivity index (χ0v) is 17.7. The van der Waals surface area contributed by atoms with Gasteiger partial charge in [-0.15, -0.1) is 0 Å². The summed E-state index contributed by atoms with van der Waals surface area (Å²) >= 11 is 0. The fraction of sp³-hybridized carbons (Fsp3) is 0.458. The van der Waals surface area contributed by atoms with Crippen LogP contribution in [0, 0.1) is 0 Å². The molecule has 1 fully saturated rings. The van der Waals surface area contributed by atoms with E-state index in [0.717, 1.165) is 31.2 Å². The van der Waals surface area contributed by atoms with Crippen LogP contribution in [-0.2, 0) is 20.7 Å². The molecule has 166 valence electrons. The molecule has 0 spiro atoms. The number of ether oxygens (including phenoxy) is 1. The second kappa shape index (κ2) is 11.9. The van der Waals surface area contributed by atoms with Crippen LogP contribution in [0.15, 0.2) is 53.1 Å². The van der Waals surface area contributed by atoms with Crippen LogP contribution in [0.1, 0.15) is 61.1 Å². The smallest absolute Gasteiger partial charge is 0.329 e. The van der Waals surface area contributed by atoms with E-state index in [2.05, 4.69) is 10.6 Å². The molecule has 1 aromatic carbocycles. The van der Waals surface area contributed by atoms with Crippen molar-refractivity contribution in [3.05, 3.63) is 60.1 Å². The van der Waals surface area contributed by atoms with Gasteiger partial charge in [0.2, 0.25) is 0 Å². The van der Waals surface area contributed by atoms with Gasteiger partial charge in [-0.1, -0.05) is 62.4 Å². The second-order valence-electron chi connectivity index (χ2n) is 7.91. The lowest BCUT2D eigenvalue weighted by Crippen LogP contribution is -2.45. The van der Waals surface area contributed by atoms with E-state index >= 15 is 0 Å². The summed E-state index contributed by atoms with van der Waals surface area (Å²) in [5.41, 5.74) is 0.864. The first-order valence-corrected chi connectivity index (χ1v) is 11.0. The molecule has 2 aromatic rings. The van der Waals surface area contributed by atoms with Gasteiger partial charge < -0.3 is 19.8 Å². The number of hydrogen-bond acceptors (Lipinski definition) is 5. The zero-order valence-electron chi connectivity index (χ0n) is 17.7. The average Bonchev–Trinajstić information content (AvgIpc) is 3.29. The van der Waals surface area contributed by atoms with Crippen molar-refractivity contribution in [3.63, 3.8) is 0 Å². The van der Waals surface area contributed by atoms with E-state index in [1.54, 1.807) is 6.07 Å². The third kappa shape index (κ3) is 7.59. The molecule has 0 saturated heterocycles. The molecule has 7 heteroatoms. The van der Waals surface area contributed by atoms with Gasteiger partial charge >= 0.3 is 5.97 Å². The van der Waals surface area contributed by atoms with Crippen molar-refractivity contribution in [1.82, 2.24) is 10.6 Å². The standard InChI is InChI=1S/C24H30N2O5/c27-22(25-19-12-7-2-1-3-8-13-19)17-31-24(29)20(16-18-10-5-4-6-11-18)26-23(28)21-14-9-15-30-21/h4-6,9-11,14-15,19-20H,1-3,7-8,12-13,16-17H2,(H,25,27)(H,26,28). The Morgan fingerprint density at radius 3 is 2.35 bits per heavy atom. The van der Waals surface area contributed by atoms with E-state index < -0.39 is 17.9 Å². The van der Waals surface area contributed by atoms with Crippen molar-refractivity contribution in [2.75, 3.05) is 6.61 Å². The number of hydrogen-bond donors (Lipinski definition) is 2. The lowest BCUT2D eigenvalue weighted by molar-refractivity contribution is -0.150. The van der Waals surface area contributed by atoms with Gasteiger partial charge in [0.15, 0.2) is 12.4 Å². The average molecular weight is 427 g/mol. The van der Waals surface area contributed by atoms with Gasteiger partial charge in [0.25, 0.3) is 11.8 Å². The highest BCUT2D eigenvalue weighted by molar-refractivity contribution is 5.94. The molecule has 1 aliphatic rings. The number of nitrogens with one attached hydrogen (secondary N) is 2. The molecular weight excluding hydrogens is 396 g/mol. The van der Waals surface area contributed by atoms with E-state index in [0.29, 0.717) is 0 Å². The predicted molar refractivity (Wildman–Crippen MR) is 115 cm³/mol. The third-order valence-electron chi connectivity index (χ3n) is 5.43. The van der Waals surface area contributed by atoms with Gasteiger partial charge in [-0.2, -0.15) is 0 Å². The van der Waals surface area contributed by atoms with E-state index in [1.165, 1.54) is 31.6 Å². The van der Waals surface area contributed by atoms with Gasteiger partial charge in [-0.25, -0.2) is 4.79 Å². The molecule has 1 aliphatic carbocycles. The Morgan fingerprint density at radius 2 is 1.68 bits per heavy atom. The molecule has 2 N–H and O–H groups in total. The summed E-state index contributed by atoms with van der Waals surface area (Å²) in [5, 5.41) is 5.62. The Balaban J connectivity index is 1.55. The Morgan fingerprint density at radius 1 is 0.968 bits per heavy atom. The second-order valence-corrected chi connectivity index (χ2v) is 7.91. The predicted octanol–water partition coefficient (Wildman–Crippen LogP) is 3.39. The van der Waals surface area contributed by atoms with Crippen LogP contribution < -0.4 is 10.6 Å². The molecule has 3 rings (SSSR count). The van der Waals surface area contributed by atoms with E-state index in [4.69, 9.17) is 9.15 Å². The highest BCUT2D eigenvalue weighted by Crippen LogP contribution is 2.17. The van der Waals surface area contributed by atoms with Crippen molar-refractivity contribution in [2.24, 2.45) is 0 Å². The van der Waals surface area contributed by atoms with E-state index in [9.17, 15) is 14.4 Å². The normalized spacial score (nSPS) is 15.9. The van der Waals surface area contributed by atoms with Gasteiger partial charge in [0, 0.05) is 12.5 Å².